The fraction of sp³-hybridized carbons (Fsp3) is 0.667. The minimum Gasteiger partial charge on any atom is -0.377 e. The lowest BCUT2D eigenvalue weighted by Gasteiger charge is -2.01. The van der Waals surface area contributed by atoms with Crippen LogP contribution in [-0.2, 0) is 24.4 Å². The van der Waals surface area contributed by atoms with E-state index in [0.717, 1.165) is 24.6 Å². The Morgan fingerprint density at radius 2 is 2.38 bits per heavy atom. The van der Waals surface area contributed by atoms with Gasteiger partial charge in [0.25, 0.3) is 0 Å². The summed E-state index contributed by atoms with van der Waals surface area (Å²) < 4.78 is 7.17. The third-order valence-corrected chi connectivity index (χ3v) is 1.88. The summed E-state index contributed by atoms with van der Waals surface area (Å²) in [4.78, 5) is 4.44. The third kappa shape index (κ3) is 2.54. The molecule has 0 fully saturated rings. The molecule has 1 N–H and O–H groups in total. The summed E-state index contributed by atoms with van der Waals surface area (Å²) in [6.45, 7) is 4.43. The molecule has 0 bridgehead atoms. The van der Waals surface area contributed by atoms with Crippen LogP contribution in [-0.4, -0.2) is 23.7 Å². The molecule has 0 radical (unpaired) electrons. The summed E-state index contributed by atoms with van der Waals surface area (Å²) in [5.41, 5.74) is 1.07. The Morgan fingerprint density at radius 1 is 1.62 bits per heavy atom. The molecule has 0 saturated carbocycles. The van der Waals surface area contributed by atoms with Crippen molar-refractivity contribution in [2.45, 2.75) is 26.6 Å². The molecule has 4 nitrogen and oxygen atoms in total. The largest absolute Gasteiger partial charge is 0.377 e. The zero-order valence-electron chi connectivity index (χ0n) is 8.50. The molecular weight excluding hydrogens is 166 g/mol. The first-order chi connectivity index (χ1) is 6.31. The first-order valence-corrected chi connectivity index (χ1v) is 4.50. The normalized spacial score (nSPS) is 10.7. The fourth-order valence-corrected chi connectivity index (χ4v) is 1.30. The molecule has 0 atom stereocenters. The molecule has 0 aromatic carbocycles. The molecule has 0 aliphatic rings. The second-order valence-electron chi connectivity index (χ2n) is 2.90. The molecule has 4 heteroatoms. The maximum atomic E-state index is 5.06. The maximum absolute atomic E-state index is 5.06. The number of aryl methyl sites for hydroxylation is 1. The van der Waals surface area contributed by atoms with Crippen molar-refractivity contribution in [3.8, 4) is 0 Å². The molecular formula is C9H17N3O. The lowest BCUT2D eigenvalue weighted by molar-refractivity contribution is 0.174. The van der Waals surface area contributed by atoms with Gasteiger partial charge < -0.3 is 14.6 Å². The first-order valence-electron chi connectivity index (χ1n) is 4.50. The molecule has 1 rings (SSSR count). The molecule has 1 heterocycles. The van der Waals surface area contributed by atoms with Gasteiger partial charge >= 0.3 is 0 Å². The highest BCUT2D eigenvalue weighted by molar-refractivity contribution is 5.03. The van der Waals surface area contributed by atoms with Crippen LogP contribution in [0.25, 0.3) is 0 Å². The number of aromatic nitrogens is 2. The Kier molecular flexibility index (Phi) is 3.92. The maximum Gasteiger partial charge on any atom is 0.135 e. The van der Waals surface area contributed by atoms with Crippen LogP contribution in [0.1, 0.15) is 18.4 Å². The molecule has 1 aromatic heterocycles. The molecule has 0 unspecified atom stereocenters. The second kappa shape index (κ2) is 4.99. The van der Waals surface area contributed by atoms with Crippen LogP contribution >= 0.6 is 0 Å². The van der Waals surface area contributed by atoms with Gasteiger partial charge in [0.05, 0.1) is 5.69 Å². The number of rotatable bonds is 5. The van der Waals surface area contributed by atoms with Gasteiger partial charge in [0.15, 0.2) is 0 Å². The molecule has 0 aliphatic heterocycles. The molecule has 74 valence electrons. The predicted molar refractivity (Wildman–Crippen MR) is 51.4 cm³/mol. The zero-order valence-corrected chi connectivity index (χ0v) is 8.50. The molecule has 0 saturated heterocycles. The Bertz CT molecular complexity index is 257. The predicted octanol–water partition coefficient (Wildman–Crippen LogP) is 0.769. The van der Waals surface area contributed by atoms with Crippen LogP contribution in [0.15, 0.2) is 6.20 Å². The lowest BCUT2D eigenvalue weighted by Crippen LogP contribution is -2.05. The first kappa shape index (κ1) is 10.2. The highest BCUT2D eigenvalue weighted by Gasteiger charge is 2.04. The minimum absolute atomic E-state index is 0.581. The Labute approximate surface area is 78.9 Å². The van der Waals surface area contributed by atoms with E-state index in [1.54, 1.807) is 7.11 Å². The van der Waals surface area contributed by atoms with E-state index >= 15 is 0 Å². The molecule has 0 spiro atoms. The summed E-state index contributed by atoms with van der Waals surface area (Å²) >= 11 is 0. The average molecular weight is 183 g/mol. The van der Waals surface area contributed by atoms with Crippen molar-refractivity contribution in [2.24, 2.45) is 0 Å². The molecule has 0 aliphatic carbocycles. The fourth-order valence-electron chi connectivity index (χ4n) is 1.30. The summed E-state index contributed by atoms with van der Waals surface area (Å²) in [7, 11) is 3.60. The van der Waals surface area contributed by atoms with Gasteiger partial charge in [-0.15, -0.1) is 0 Å². The highest BCUT2D eigenvalue weighted by Crippen LogP contribution is 2.04. The molecule has 0 amide bonds. The van der Waals surface area contributed by atoms with Crippen LogP contribution in [0.2, 0.25) is 0 Å². The highest BCUT2D eigenvalue weighted by atomic mass is 16.5. The Hall–Kier alpha value is -0.870. The van der Waals surface area contributed by atoms with Gasteiger partial charge in [-0.1, -0.05) is 0 Å². The number of nitrogens with one attached hydrogen (secondary N) is 1. The number of nitrogens with zero attached hydrogens (tertiary/aromatic N) is 2. The lowest BCUT2D eigenvalue weighted by atomic mass is 10.5. The van der Waals surface area contributed by atoms with Crippen LogP contribution in [0, 0.1) is 0 Å². The van der Waals surface area contributed by atoms with Crippen molar-refractivity contribution in [3.05, 3.63) is 17.7 Å². The van der Waals surface area contributed by atoms with Crippen LogP contribution in [0.3, 0.4) is 0 Å². The van der Waals surface area contributed by atoms with Crippen molar-refractivity contribution in [2.75, 3.05) is 14.2 Å². The van der Waals surface area contributed by atoms with Gasteiger partial charge in [-0.2, -0.15) is 0 Å². The second-order valence-corrected chi connectivity index (χ2v) is 2.90. The quantitative estimate of drug-likeness (QED) is 0.733. The van der Waals surface area contributed by atoms with Crippen molar-refractivity contribution >= 4 is 0 Å². The van der Waals surface area contributed by atoms with E-state index in [2.05, 4.69) is 28.0 Å². The zero-order chi connectivity index (χ0) is 9.68. The van der Waals surface area contributed by atoms with E-state index in [9.17, 15) is 0 Å². The minimum atomic E-state index is 0.581. The number of hydrogen-bond acceptors (Lipinski definition) is 3. The SMILES string of the molecule is CCn1cc(CNC)nc1COC. The van der Waals surface area contributed by atoms with Gasteiger partial charge in [0, 0.05) is 26.4 Å². The molecule has 1 aromatic rings. The van der Waals surface area contributed by atoms with E-state index in [1.165, 1.54) is 0 Å². The Morgan fingerprint density at radius 3 is 2.92 bits per heavy atom. The van der Waals surface area contributed by atoms with Gasteiger partial charge in [0.1, 0.15) is 12.4 Å². The summed E-state index contributed by atoms with van der Waals surface area (Å²) in [5, 5.41) is 3.07. The van der Waals surface area contributed by atoms with Crippen molar-refractivity contribution in [3.63, 3.8) is 0 Å². The number of imidazole rings is 1. The van der Waals surface area contributed by atoms with E-state index in [-0.39, 0.29) is 0 Å². The monoisotopic (exact) mass is 183 g/mol. The van der Waals surface area contributed by atoms with Gasteiger partial charge in [0.2, 0.25) is 0 Å². The van der Waals surface area contributed by atoms with Crippen molar-refractivity contribution in [1.29, 1.82) is 0 Å². The molecule has 13 heavy (non-hydrogen) atoms. The summed E-state index contributed by atoms with van der Waals surface area (Å²) in [6.07, 6.45) is 2.06. The standard InChI is InChI=1S/C9H17N3O/c1-4-12-6-8(5-10-2)11-9(12)7-13-3/h6,10H,4-5,7H2,1-3H3. The average Bonchev–Trinajstić information content (AvgIpc) is 2.49. The summed E-state index contributed by atoms with van der Waals surface area (Å²) in [5.74, 6) is 0.996. The van der Waals surface area contributed by atoms with Crippen LogP contribution in [0.4, 0.5) is 0 Å². The third-order valence-electron chi connectivity index (χ3n) is 1.88. The van der Waals surface area contributed by atoms with E-state index in [0.29, 0.717) is 6.61 Å². The van der Waals surface area contributed by atoms with Gasteiger partial charge in [-0.05, 0) is 14.0 Å². The van der Waals surface area contributed by atoms with E-state index in [1.807, 2.05) is 7.05 Å². The van der Waals surface area contributed by atoms with Crippen molar-refractivity contribution in [1.82, 2.24) is 14.9 Å². The van der Waals surface area contributed by atoms with Gasteiger partial charge in [-0.25, -0.2) is 4.98 Å². The number of hydrogen-bond donors (Lipinski definition) is 1. The van der Waals surface area contributed by atoms with Gasteiger partial charge in [-0.3, -0.25) is 0 Å². The van der Waals surface area contributed by atoms with E-state index in [4.69, 9.17) is 4.74 Å². The smallest absolute Gasteiger partial charge is 0.135 e. The topological polar surface area (TPSA) is 39.1 Å². The summed E-state index contributed by atoms with van der Waals surface area (Å²) in [6, 6.07) is 0. The van der Waals surface area contributed by atoms with Crippen LogP contribution < -0.4 is 5.32 Å². The Balaban J connectivity index is 2.77. The van der Waals surface area contributed by atoms with Crippen molar-refractivity contribution < 1.29 is 4.74 Å². The van der Waals surface area contributed by atoms with E-state index < -0.39 is 0 Å². The number of ether oxygens (including phenoxy) is 1. The number of methoxy groups -OCH3 is 1. The van der Waals surface area contributed by atoms with Crippen LogP contribution in [0.5, 0.6) is 0 Å².